The Morgan fingerprint density at radius 1 is 1.21 bits per heavy atom. The van der Waals surface area contributed by atoms with Crippen LogP contribution in [0.4, 0.5) is 5.82 Å². The van der Waals surface area contributed by atoms with Crippen LogP contribution in [0.5, 0.6) is 0 Å². The van der Waals surface area contributed by atoms with Crippen molar-refractivity contribution in [1.82, 2.24) is 10.3 Å². The zero-order valence-electron chi connectivity index (χ0n) is 11.1. The molecule has 1 heterocycles. The van der Waals surface area contributed by atoms with Gasteiger partial charge in [-0.3, -0.25) is 4.79 Å². The van der Waals surface area contributed by atoms with Crippen LogP contribution in [0.25, 0.3) is 0 Å². The van der Waals surface area contributed by atoms with Gasteiger partial charge in [0.05, 0.1) is 0 Å². The maximum absolute atomic E-state index is 12.0. The van der Waals surface area contributed by atoms with Crippen molar-refractivity contribution in [2.75, 3.05) is 12.4 Å². The summed E-state index contributed by atoms with van der Waals surface area (Å²) in [7, 11) is 1.77. The summed E-state index contributed by atoms with van der Waals surface area (Å²) in [4.78, 5) is 16.1. The topological polar surface area (TPSA) is 54.0 Å². The number of anilines is 1. The van der Waals surface area contributed by atoms with E-state index in [2.05, 4.69) is 15.6 Å². The molecular weight excluding hydrogens is 238 g/mol. The third-order valence-electron chi connectivity index (χ3n) is 2.85. The molecule has 0 aliphatic rings. The Balaban J connectivity index is 1.99. The summed E-state index contributed by atoms with van der Waals surface area (Å²) in [6.07, 6.45) is 1.62. The molecule has 0 spiro atoms. The van der Waals surface area contributed by atoms with Gasteiger partial charge in [-0.25, -0.2) is 4.98 Å². The number of rotatable bonds is 4. The number of nitrogens with zero attached hydrogens (tertiary/aromatic N) is 1. The van der Waals surface area contributed by atoms with Crippen molar-refractivity contribution in [2.24, 2.45) is 0 Å². The molecular formula is C15H17N3O. The van der Waals surface area contributed by atoms with Gasteiger partial charge in [0.2, 0.25) is 0 Å². The number of pyridine rings is 1. The Labute approximate surface area is 112 Å². The molecule has 1 aromatic heterocycles. The minimum atomic E-state index is -0.0977. The summed E-state index contributed by atoms with van der Waals surface area (Å²) in [5.41, 5.74) is 2.90. The van der Waals surface area contributed by atoms with Crippen molar-refractivity contribution in [3.63, 3.8) is 0 Å². The quantitative estimate of drug-likeness (QED) is 0.881. The lowest BCUT2D eigenvalue weighted by atomic mass is 10.1. The minimum Gasteiger partial charge on any atom is -0.373 e. The first-order chi connectivity index (χ1) is 9.19. The zero-order chi connectivity index (χ0) is 13.7. The smallest absolute Gasteiger partial charge is 0.251 e. The molecule has 4 heteroatoms. The van der Waals surface area contributed by atoms with Gasteiger partial charge in [-0.1, -0.05) is 29.8 Å². The third kappa shape index (κ3) is 3.55. The molecule has 1 amide bonds. The Morgan fingerprint density at radius 2 is 1.95 bits per heavy atom. The van der Waals surface area contributed by atoms with Crippen molar-refractivity contribution in [3.8, 4) is 0 Å². The van der Waals surface area contributed by atoms with Crippen LogP contribution in [0, 0.1) is 6.92 Å². The predicted octanol–water partition coefficient (Wildman–Crippen LogP) is 2.36. The second-order valence-electron chi connectivity index (χ2n) is 4.35. The molecule has 0 saturated heterocycles. The fraction of sp³-hybridized carbons (Fsp3) is 0.200. The molecule has 0 bridgehead atoms. The van der Waals surface area contributed by atoms with Gasteiger partial charge in [0.1, 0.15) is 5.82 Å². The number of amides is 1. The molecule has 2 aromatic rings. The Morgan fingerprint density at radius 3 is 2.63 bits per heavy atom. The monoisotopic (exact) mass is 255 g/mol. The number of carbonyl (C=O) groups is 1. The lowest BCUT2D eigenvalue weighted by molar-refractivity contribution is 0.0951. The lowest BCUT2D eigenvalue weighted by Crippen LogP contribution is -2.22. The van der Waals surface area contributed by atoms with Gasteiger partial charge in [0.25, 0.3) is 5.91 Å². The fourth-order valence-corrected chi connectivity index (χ4v) is 1.70. The summed E-state index contributed by atoms with van der Waals surface area (Å²) in [6, 6.07) is 11.5. The minimum absolute atomic E-state index is 0.0977. The standard InChI is InChI=1S/C15H17N3O/c1-11-3-5-12(6-4-11)10-18-15(19)13-7-8-17-14(9-13)16-2/h3-9H,10H2,1-2H3,(H,16,17)(H,18,19). The first kappa shape index (κ1) is 13.1. The van der Waals surface area contributed by atoms with Crippen molar-refractivity contribution < 1.29 is 4.79 Å². The zero-order valence-corrected chi connectivity index (χ0v) is 11.1. The van der Waals surface area contributed by atoms with Gasteiger partial charge in [-0.05, 0) is 24.6 Å². The van der Waals surface area contributed by atoms with E-state index in [0.29, 0.717) is 17.9 Å². The first-order valence-corrected chi connectivity index (χ1v) is 6.16. The van der Waals surface area contributed by atoms with E-state index in [4.69, 9.17) is 0 Å². The molecule has 19 heavy (non-hydrogen) atoms. The number of carbonyl (C=O) groups excluding carboxylic acids is 1. The van der Waals surface area contributed by atoms with Crippen molar-refractivity contribution in [2.45, 2.75) is 13.5 Å². The van der Waals surface area contributed by atoms with E-state index in [1.807, 2.05) is 31.2 Å². The predicted molar refractivity (Wildman–Crippen MR) is 76.1 cm³/mol. The molecule has 0 aliphatic carbocycles. The Hall–Kier alpha value is -2.36. The van der Waals surface area contributed by atoms with Crippen LogP contribution in [0.3, 0.4) is 0 Å². The summed E-state index contributed by atoms with van der Waals surface area (Å²) in [6.45, 7) is 2.56. The lowest BCUT2D eigenvalue weighted by Gasteiger charge is -2.07. The van der Waals surface area contributed by atoms with Crippen molar-refractivity contribution >= 4 is 11.7 Å². The molecule has 2 rings (SSSR count). The van der Waals surface area contributed by atoms with E-state index in [0.717, 1.165) is 5.56 Å². The first-order valence-electron chi connectivity index (χ1n) is 6.16. The molecule has 1 aromatic carbocycles. The molecule has 0 radical (unpaired) electrons. The number of hydrogen-bond acceptors (Lipinski definition) is 3. The number of aromatic nitrogens is 1. The van der Waals surface area contributed by atoms with Crippen molar-refractivity contribution in [3.05, 3.63) is 59.3 Å². The number of nitrogens with one attached hydrogen (secondary N) is 2. The van der Waals surface area contributed by atoms with Gasteiger partial charge in [0, 0.05) is 25.4 Å². The average molecular weight is 255 g/mol. The maximum atomic E-state index is 12.0. The highest BCUT2D eigenvalue weighted by Gasteiger charge is 2.06. The van der Waals surface area contributed by atoms with E-state index in [1.54, 1.807) is 25.4 Å². The molecule has 4 nitrogen and oxygen atoms in total. The molecule has 2 N–H and O–H groups in total. The third-order valence-corrected chi connectivity index (χ3v) is 2.85. The van der Waals surface area contributed by atoms with E-state index in [-0.39, 0.29) is 5.91 Å². The Bertz CT molecular complexity index is 564. The van der Waals surface area contributed by atoms with E-state index in [9.17, 15) is 4.79 Å². The van der Waals surface area contributed by atoms with Gasteiger partial charge in [0.15, 0.2) is 0 Å². The summed E-state index contributed by atoms with van der Waals surface area (Å²) in [5.74, 6) is 0.586. The fourth-order valence-electron chi connectivity index (χ4n) is 1.70. The Kier molecular flexibility index (Phi) is 4.13. The second kappa shape index (κ2) is 6.00. The molecule has 0 unspecified atom stereocenters. The second-order valence-corrected chi connectivity index (χ2v) is 4.35. The van der Waals surface area contributed by atoms with Gasteiger partial charge in [-0.15, -0.1) is 0 Å². The number of benzene rings is 1. The van der Waals surface area contributed by atoms with E-state index >= 15 is 0 Å². The van der Waals surface area contributed by atoms with Gasteiger partial charge in [-0.2, -0.15) is 0 Å². The van der Waals surface area contributed by atoms with E-state index in [1.165, 1.54) is 5.56 Å². The number of hydrogen-bond donors (Lipinski definition) is 2. The van der Waals surface area contributed by atoms with Crippen LogP contribution < -0.4 is 10.6 Å². The highest BCUT2D eigenvalue weighted by molar-refractivity contribution is 5.94. The van der Waals surface area contributed by atoms with Gasteiger partial charge < -0.3 is 10.6 Å². The molecule has 0 aliphatic heterocycles. The summed E-state index contributed by atoms with van der Waals surface area (Å²) >= 11 is 0. The average Bonchev–Trinajstić information content (AvgIpc) is 2.46. The summed E-state index contributed by atoms with van der Waals surface area (Å²) < 4.78 is 0. The van der Waals surface area contributed by atoms with Crippen LogP contribution in [-0.4, -0.2) is 17.9 Å². The van der Waals surface area contributed by atoms with Crippen LogP contribution in [0.1, 0.15) is 21.5 Å². The maximum Gasteiger partial charge on any atom is 0.251 e. The SMILES string of the molecule is CNc1cc(C(=O)NCc2ccc(C)cc2)ccn1. The summed E-state index contributed by atoms with van der Waals surface area (Å²) in [5, 5.41) is 5.80. The molecule has 0 fully saturated rings. The van der Waals surface area contributed by atoms with Crippen molar-refractivity contribution in [1.29, 1.82) is 0 Å². The molecule has 0 saturated carbocycles. The number of aryl methyl sites for hydroxylation is 1. The van der Waals surface area contributed by atoms with Crippen LogP contribution in [0.2, 0.25) is 0 Å². The normalized spacial score (nSPS) is 10.0. The highest BCUT2D eigenvalue weighted by Crippen LogP contribution is 2.07. The molecule has 98 valence electrons. The molecule has 0 atom stereocenters. The highest BCUT2D eigenvalue weighted by atomic mass is 16.1. The van der Waals surface area contributed by atoms with E-state index < -0.39 is 0 Å². The van der Waals surface area contributed by atoms with Crippen LogP contribution >= 0.6 is 0 Å². The van der Waals surface area contributed by atoms with Crippen LogP contribution in [0.15, 0.2) is 42.6 Å². The van der Waals surface area contributed by atoms with Gasteiger partial charge >= 0.3 is 0 Å². The largest absolute Gasteiger partial charge is 0.373 e. The van der Waals surface area contributed by atoms with Crippen LogP contribution in [-0.2, 0) is 6.54 Å².